The van der Waals surface area contributed by atoms with Gasteiger partial charge in [-0.15, -0.1) is 0 Å². The normalized spacial score (nSPS) is 13.1. The monoisotopic (exact) mass is 376 g/mol. The molecular weight excluding hydrogens is 356 g/mol. The first-order valence-electron chi connectivity index (χ1n) is 8.99. The van der Waals surface area contributed by atoms with Crippen molar-refractivity contribution in [1.29, 1.82) is 0 Å². The molecule has 3 aromatic carbocycles. The van der Waals surface area contributed by atoms with Crippen LogP contribution in [0.4, 0.5) is 0 Å². The maximum atomic E-state index is 12.9. The van der Waals surface area contributed by atoms with E-state index in [9.17, 15) is 15.0 Å². The first kappa shape index (κ1) is 18.1. The Morgan fingerprint density at radius 3 is 1.96 bits per heavy atom. The van der Waals surface area contributed by atoms with Gasteiger partial charge in [-0.3, -0.25) is 4.79 Å². The second kappa shape index (κ2) is 7.37. The lowest BCUT2D eigenvalue weighted by molar-refractivity contribution is 0.0999. The number of carbonyl (C=O) groups is 1. The Hall–Kier alpha value is -3.31. The van der Waals surface area contributed by atoms with Crippen molar-refractivity contribution < 1.29 is 24.5 Å². The summed E-state index contributed by atoms with van der Waals surface area (Å²) in [7, 11) is 1.62. The number of ketones is 1. The lowest BCUT2D eigenvalue weighted by atomic mass is 9.77. The number of phenolic OH excluding ortho intramolecular Hbond substituents is 2. The summed E-state index contributed by atoms with van der Waals surface area (Å²) >= 11 is 0. The van der Waals surface area contributed by atoms with Crippen LogP contribution in [0.5, 0.6) is 17.2 Å². The van der Waals surface area contributed by atoms with Crippen LogP contribution < -0.4 is 4.74 Å². The zero-order valence-electron chi connectivity index (χ0n) is 15.4. The molecule has 0 bridgehead atoms. The number of methoxy groups -OCH3 is 1. The molecule has 0 radical (unpaired) electrons. The summed E-state index contributed by atoms with van der Waals surface area (Å²) in [6, 6.07) is 17.6. The molecule has 5 heteroatoms. The Morgan fingerprint density at radius 2 is 1.43 bits per heavy atom. The largest absolute Gasteiger partial charge is 0.507 e. The smallest absolute Gasteiger partial charge is 0.201 e. The lowest BCUT2D eigenvalue weighted by Crippen LogP contribution is -2.23. The van der Waals surface area contributed by atoms with Crippen LogP contribution in [0.2, 0.25) is 0 Å². The number of phenols is 2. The van der Waals surface area contributed by atoms with E-state index in [1.54, 1.807) is 19.2 Å². The topological polar surface area (TPSA) is 76.0 Å². The van der Waals surface area contributed by atoms with Crippen LogP contribution >= 0.6 is 0 Å². The molecule has 4 rings (SSSR count). The summed E-state index contributed by atoms with van der Waals surface area (Å²) in [6.07, 6.45) is 0. The molecule has 0 aliphatic heterocycles. The molecule has 0 unspecified atom stereocenters. The highest BCUT2D eigenvalue weighted by atomic mass is 16.5. The Balaban J connectivity index is 1.63. The minimum absolute atomic E-state index is 0.0865. The van der Waals surface area contributed by atoms with Gasteiger partial charge in [0, 0.05) is 5.92 Å². The van der Waals surface area contributed by atoms with Gasteiger partial charge in [0.15, 0.2) is 0 Å². The summed E-state index contributed by atoms with van der Waals surface area (Å²) in [6.45, 7) is 0.711. The fraction of sp³-hybridized carbons (Fsp3) is 0.174. The molecule has 3 aromatic rings. The fourth-order valence-corrected chi connectivity index (χ4v) is 3.68. The van der Waals surface area contributed by atoms with E-state index in [-0.39, 0.29) is 34.3 Å². The van der Waals surface area contributed by atoms with Gasteiger partial charge in [0.2, 0.25) is 5.78 Å². The van der Waals surface area contributed by atoms with Crippen molar-refractivity contribution in [3.8, 4) is 17.2 Å². The quantitative estimate of drug-likeness (QED) is 0.704. The molecule has 2 N–H and O–H groups in total. The summed E-state index contributed by atoms with van der Waals surface area (Å²) in [5.74, 6) is -0.0239. The van der Waals surface area contributed by atoms with Gasteiger partial charge in [0.25, 0.3) is 0 Å². The highest BCUT2D eigenvalue weighted by Crippen LogP contribution is 2.42. The van der Waals surface area contributed by atoms with Crippen molar-refractivity contribution in [1.82, 2.24) is 0 Å². The van der Waals surface area contributed by atoms with Crippen molar-refractivity contribution in [3.05, 3.63) is 88.5 Å². The van der Waals surface area contributed by atoms with Crippen molar-refractivity contribution in [2.24, 2.45) is 0 Å². The Morgan fingerprint density at radius 1 is 0.857 bits per heavy atom. The van der Waals surface area contributed by atoms with Gasteiger partial charge in [-0.2, -0.15) is 0 Å². The van der Waals surface area contributed by atoms with Crippen molar-refractivity contribution >= 4 is 5.78 Å². The third-order valence-electron chi connectivity index (χ3n) is 5.07. The number of aromatic hydroxyl groups is 2. The van der Waals surface area contributed by atoms with E-state index in [1.807, 2.05) is 36.4 Å². The maximum Gasteiger partial charge on any atom is 0.201 e. The number of hydrogen-bond acceptors (Lipinski definition) is 5. The molecule has 1 aliphatic rings. The summed E-state index contributed by atoms with van der Waals surface area (Å²) < 4.78 is 11.1. The van der Waals surface area contributed by atoms with Crippen molar-refractivity contribution in [2.45, 2.75) is 12.5 Å². The van der Waals surface area contributed by atoms with E-state index < -0.39 is 0 Å². The van der Waals surface area contributed by atoms with Crippen LogP contribution in [0, 0.1) is 0 Å². The summed E-state index contributed by atoms with van der Waals surface area (Å²) in [5.41, 5.74) is 2.87. The standard InChI is InChI=1S/C23H20O5/c1-27-15-10-8-14(9-11-15)12-28-13-18-16-4-2-6-19(24)21(16)23(26)22-17(18)5-3-7-20(22)25/h2-11,18,24-25H,12-13H2,1H3. The number of fused-ring (bicyclic) bond motifs is 2. The van der Waals surface area contributed by atoms with Crippen LogP contribution in [-0.4, -0.2) is 29.7 Å². The SMILES string of the molecule is COc1ccc(COCC2c3cccc(O)c3C(=O)c3c(O)cccc32)cc1. The van der Waals surface area contributed by atoms with Gasteiger partial charge < -0.3 is 19.7 Å². The Kier molecular flexibility index (Phi) is 4.75. The first-order chi connectivity index (χ1) is 13.6. The molecule has 0 fully saturated rings. The molecule has 0 atom stereocenters. The highest BCUT2D eigenvalue weighted by molar-refractivity contribution is 6.15. The average molecular weight is 376 g/mol. The lowest BCUT2D eigenvalue weighted by Gasteiger charge is -2.28. The average Bonchev–Trinajstić information content (AvgIpc) is 2.70. The van der Waals surface area contributed by atoms with Crippen molar-refractivity contribution in [2.75, 3.05) is 13.7 Å². The molecule has 28 heavy (non-hydrogen) atoms. The zero-order valence-corrected chi connectivity index (χ0v) is 15.4. The second-order valence-electron chi connectivity index (χ2n) is 6.73. The van der Waals surface area contributed by atoms with Gasteiger partial charge in [0.1, 0.15) is 17.2 Å². The molecule has 0 amide bonds. The van der Waals surface area contributed by atoms with Gasteiger partial charge in [-0.05, 0) is 41.0 Å². The molecular formula is C23H20O5. The van der Waals surface area contributed by atoms with Crippen LogP contribution in [0.3, 0.4) is 0 Å². The van der Waals surface area contributed by atoms with E-state index in [2.05, 4.69) is 0 Å². The molecule has 0 saturated carbocycles. The van der Waals surface area contributed by atoms with Crippen LogP contribution in [0.25, 0.3) is 0 Å². The van der Waals surface area contributed by atoms with Gasteiger partial charge in [-0.25, -0.2) is 0 Å². The summed E-state index contributed by atoms with van der Waals surface area (Å²) in [5, 5.41) is 20.5. The maximum absolute atomic E-state index is 12.9. The number of rotatable bonds is 5. The van der Waals surface area contributed by atoms with Gasteiger partial charge >= 0.3 is 0 Å². The van der Waals surface area contributed by atoms with Crippen LogP contribution in [-0.2, 0) is 11.3 Å². The predicted molar refractivity (Wildman–Crippen MR) is 104 cm³/mol. The molecule has 0 saturated heterocycles. The molecule has 5 nitrogen and oxygen atoms in total. The van der Waals surface area contributed by atoms with E-state index in [4.69, 9.17) is 9.47 Å². The third kappa shape index (κ3) is 3.10. The van der Waals surface area contributed by atoms with E-state index in [0.29, 0.717) is 24.3 Å². The second-order valence-corrected chi connectivity index (χ2v) is 6.73. The van der Waals surface area contributed by atoms with Crippen molar-refractivity contribution in [3.63, 3.8) is 0 Å². The molecule has 0 heterocycles. The minimum Gasteiger partial charge on any atom is -0.507 e. The third-order valence-corrected chi connectivity index (χ3v) is 5.07. The Labute approximate surface area is 162 Å². The van der Waals surface area contributed by atoms with Crippen LogP contribution in [0.1, 0.15) is 38.5 Å². The zero-order chi connectivity index (χ0) is 19.7. The molecule has 142 valence electrons. The highest BCUT2D eigenvalue weighted by Gasteiger charge is 2.34. The minimum atomic E-state index is -0.368. The molecule has 1 aliphatic carbocycles. The number of hydrogen-bond donors (Lipinski definition) is 2. The fourth-order valence-electron chi connectivity index (χ4n) is 3.68. The number of carbonyl (C=O) groups excluding carboxylic acids is 1. The summed E-state index contributed by atoms with van der Waals surface area (Å²) in [4.78, 5) is 12.9. The Bertz CT molecular complexity index is 968. The van der Waals surface area contributed by atoms with Gasteiger partial charge in [0.05, 0.1) is 31.5 Å². The van der Waals surface area contributed by atoms with Crippen LogP contribution in [0.15, 0.2) is 60.7 Å². The number of ether oxygens (including phenoxy) is 2. The number of benzene rings is 3. The predicted octanol–water partition coefficient (Wildman–Crippen LogP) is 4.00. The first-order valence-corrected chi connectivity index (χ1v) is 8.99. The molecule has 0 spiro atoms. The van der Waals surface area contributed by atoms with E-state index in [0.717, 1.165) is 11.3 Å². The van der Waals surface area contributed by atoms with E-state index in [1.165, 1.54) is 12.1 Å². The van der Waals surface area contributed by atoms with Gasteiger partial charge in [-0.1, -0.05) is 36.4 Å². The molecule has 0 aromatic heterocycles. The van der Waals surface area contributed by atoms with E-state index >= 15 is 0 Å².